The number of benzene rings is 1. The summed E-state index contributed by atoms with van der Waals surface area (Å²) >= 11 is 6.26. The number of carbonyl (C=O) groups excluding carboxylic acids is 1. The van der Waals surface area contributed by atoms with E-state index in [1.807, 2.05) is 13.0 Å². The zero-order valence-electron chi connectivity index (χ0n) is 25.6. The largest absolute Gasteiger partial charge is 0.436 e. The lowest BCUT2D eigenvalue weighted by molar-refractivity contribution is -0.141. The smallest absolute Gasteiger partial charge is 0.323 e. The lowest BCUT2D eigenvalue weighted by Crippen LogP contribution is -2.27. The molecule has 5 aromatic heterocycles. The second kappa shape index (κ2) is 12.7. The van der Waals surface area contributed by atoms with Gasteiger partial charge >= 0.3 is 6.18 Å². The Balaban J connectivity index is 1.29. The van der Waals surface area contributed by atoms with Crippen LogP contribution >= 0.6 is 11.6 Å². The van der Waals surface area contributed by atoms with E-state index in [0.29, 0.717) is 47.7 Å². The Morgan fingerprint density at radius 1 is 0.959 bits per heavy atom. The molecule has 49 heavy (non-hydrogen) atoms. The van der Waals surface area contributed by atoms with Crippen LogP contribution in [-0.2, 0) is 11.0 Å². The van der Waals surface area contributed by atoms with Crippen LogP contribution < -0.4 is 10.9 Å². The third-order valence-corrected chi connectivity index (χ3v) is 8.39. The van der Waals surface area contributed by atoms with Crippen molar-refractivity contribution in [3.8, 4) is 34.0 Å². The van der Waals surface area contributed by atoms with Crippen molar-refractivity contribution in [3.63, 3.8) is 0 Å². The van der Waals surface area contributed by atoms with E-state index in [9.17, 15) is 22.8 Å². The average molecular weight is 688 g/mol. The van der Waals surface area contributed by atoms with Crippen LogP contribution in [0.3, 0.4) is 0 Å². The number of hydrogen-bond donors (Lipinski definition) is 1. The molecular formula is C32H25ClF3N11O2. The number of fused-ring (bicyclic) bond motifs is 4. The van der Waals surface area contributed by atoms with Crippen molar-refractivity contribution in [2.24, 2.45) is 5.92 Å². The van der Waals surface area contributed by atoms with E-state index in [2.05, 4.69) is 35.6 Å². The van der Waals surface area contributed by atoms with Gasteiger partial charge in [0.15, 0.2) is 11.5 Å². The molecule has 1 N–H and O–H groups in total. The highest BCUT2D eigenvalue weighted by Crippen LogP contribution is 2.34. The quantitative estimate of drug-likeness (QED) is 0.252. The van der Waals surface area contributed by atoms with Gasteiger partial charge in [0.2, 0.25) is 5.91 Å². The standard InChI is InChI=1S/C32H25ClF3N11O2/c1-18-3-2-4-26(23-11-19(7-8-38-23)30-24(41-31(18)49)15-47(43-30)28-14-37-9-10-39-28)45-17-40-22(13-29(45)48)21-12-20(33)5-6-25(21)46-16-27(42-44-46)32(34,35)36/h5-18,26H,2-4H2,1H3,(H,41,49)/t18-,26+/m1/s1. The lowest BCUT2D eigenvalue weighted by Gasteiger charge is -2.22. The molecule has 2 bridgehead atoms. The highest BCUT2D eigenvalue weighted by Gasteiger charge is 2.35. The number of halogens is 4. The van der Waals surface area contributed by atoms with Crippen LogP contribution in [-0.4, -0.2) is 55.2 Å². The summed E-state index contributed by atoms with van der Waals surface area (Å²) in [6.45, 7) is 1.83. The molecule has 17 heteroatoms. The van der Waals surface area contributed by atoms with E-state index in [4.69, 9.17) is 16.7 Å². The predicted octanol–water partition coefficient (Wildman–Crippen LogP) is 5.55. The number of amides is 1. The van der Waals surface area contributed by atoms with Gasteiger partial charge in [-0.2, -0.15) is 18.3 Å². The van der Waals surface area contributed by atoms with E-state index in [0.717, 1.165) is 10.9 Å². The first-order valence-electron chi connectivity index (χ1n) is 15.1. The Labute approximate surface area is 280 Å². The van der Waals surface area contributed by atoms with E-state index < -0.39 is 23.5 Å². The normalized spacial score (nSPS) is 16.7. The van der Waals surface area contributed by atoms with Gasteiger partial charge in [-0.05, 0) is 43.2 Å². The summed E-state index contributed by atoms with van der Waals surface area (Å²) in [6, 6.07) is 8.73. The number of rotatable bonds is 4. The van der Waals surface area contributed by atoms with Gasteiger partial charge in [0.1, 0.15) is 5.69 Å². The highest BCUT2D eigenvalue weighted by atomic mass is 35.5. The summed E-state index contributed by atoms with van der Waals surface area (Å²) in [6.07, 6.45) is 6.92. The molecule has 2 atom stereocenters. The number of anilines is 1. The Hall–Kier alpha value is -5.77. The van der Waals surface area contributed by atoms with Crippen LogP contribution in [0.1, 0.15) is 43.6 Å². The van der Waals surface area contributed by atoms with Crippen LogP contribution in [0.25, 0.3) is 34.0 Å². The van der Waals surface area contributed by atoms with Gasteiger partial charge in [-0.3, -0.25) is 24.1 Å². The Morgan fingerprint density at radius 2 is 1.82 bits per heavy atom. The fourth-order valence-corrected chi connectivity index (χ4v) is 5.81. The minimum Gasteiger partial charge on any atom is -0.323 e. The summed E-state index contributed by atoms with van der Waals surface area (Å²) in [7, 11) is 0. The van der Waals surface area contributed by atoms with Crippen molar-refractivity contribution in [2.45, 2.75) is 38.4 Å². The fourth-order valence-electron chi connectivity index (χ4n) is 5.63. The van der Waals surface area contributed by atoms with E-state index in [-0.39, 0.29) is 33.8 Å². The average Bonchev–Trinajstić information content (AvgIpc) is 3.76. The molecule has 0 unspecified atom stereocenters. The van der Waals surface area contributed by atoms with Crippen LogP contribution in [0.15, 0.2) is 84.7 Å². The monoisotopic (exact) mass is 687 g/mol. The van der Waals surface area contributed by atoms with Crippen molar-refractivity contribution >= 4 is 23.2 Å². The van der Waals surface area contributed by atoms with Crippen LogP contribution in [0.5, 0.6) is 0 Å². The number of nitrogens with zero attached hydrogens (tertiary/aromatic N) is 10. The molecule has 1 aliphatic rings. The van der Waals surface area contributed by atoms with Gasteiger partial charge in [0, 0.05) is 46.7 Å². The number of aromatic nitrogens is 10. The minimum absolute atomic E-state index is 0.169. The molecule has 0 saturated heterocycles. The minimum atomic E-state index is -4.69. The zero-order chi connectivity index (χ0) is 34.3. The van der Waals surface area contributed by atoms with E-state index in [1.54, 1.807) is 30.9 Å². The molecule has 13 nitrogen and oxygen atoms in total. The number of carbonyl (C=O) groups is 1. The molecule has 7 rings (SSSR count). The highest BCUT2D eigenvalue weighted by molar-refractivity contribution is 6.31. The number of hydrogen-bond acceptors (Lipinski definition) is 9. The summed E-state index contributed by atoms with van der Waals surface area (Å²) in [5.41, 5.74) is 1.20. The van der Waals surface area contributed by atoms with Crippen molar-refractivity contribution in [1.82, 2.24) is 49.3 Å². The molecular weight excluding hydrogens is 663 g/mol. The number of nitrogens with one attached hydrogen (secondary N) is 1. The first-order valence-corrected chi connectivity index (χ1v) is 15.4. The van der Waals surface area contributed by atoms with Crippen LogP contribution in [0.4, 0.5) is 18.9 Å². The molecule has 1 aromatic carbocycles. The molecule has 1 aliphatic heterocycles. The van der Waals surface area contributed by atoms with Gasteiger partial charge in [-0.15, -0.1) is 5.10 Å². The molecule has 248 valence electrons. The fraction of sp³-hybridized carbons (Fsp3) is 0.219. The first kappa shape index (κ1) is 31.8. The molecule has 0 radical (unpaired) electrons. The Bertz CT molecular complexity index is 2230. The first-order chi connectivity index (χ1) is 23.5. The van der Waals surface area contributed by atoms with Crippen molar-refractivity contribution in [1.29, 1.82) is 0 Å². The van der Waals surface area contributed by atoms with Crippen molar-refractivity contribution in [3.05, 3.63) is 107 Å². The van der Waals surface area contributed by atoms with E-state index in [1.165, 1.54) is 46.0 Å². The molecule has 0 spiro atoms. The van der Waals surface area contributed by atoms with Crippen LogP contribution in [0, 0.1) is 5.92 Å². The van der Waals surface area contributed by atoms with E-state index >= 15 is 0 Å². The third-order valence-electron chi connectivity index (χ3n) is 8.15. The number of alkyl halides is 3. The predicted molar refractivity (Wildman–Crippen MR) is 171 cm³/mol. The number of pyridine rings is 1. The maximum atomic E-state index is 13.8. The van der Waals surface area contributed by atoms with Gasteiger partial charge in [-0.1, -0.05) is 30.2 Å². The van der Waals surface area contributed by atoms with Gasteiger partial charge in [0.05, 0.1) is 53.7 Å². The van der Waals surface area contributed by atoms with Crippen molar-refractivity contribution < 1.29 is 18.0 Å². The maximum Gasteiger partial charge on any atom is 0.436 e. The Morgan fingerprint density at radius 3 is 2.57 bits per heavy atom. The second-order valence-electron chi connectivity index (χ2n) is 11.4. The van der Waals surface area contributed by atoms with Crippen LogP contribution in [0.2, 0.25) is 5.02 Å². The third kappa shape index (κ3) is 6.41. The lowest BCUT2D eigenvalue weighted by atomic mass is 9.97. The summed E-state index contributed by atoms with van der Waals surface area (Å²) in [5, 5.41) is 14.9. The SMILES string of the molecule is C[C@@H]1CCC[C@H](n2cnc(-c3cc(Cl)ccc3-n3cc(C(F)(F)F)nn3)cc2=O)c2cc(ccn2)-c2nn(-c3cnccn3)cc2NC1=O. The van der Waals surface area contributed by atoms with Gasteiger partial charge in [0.25, 0.3) is 5.56 Å². The summed E-state index contributed by atoms with van der Waals surface area (Å²) < 4.78 is 43.7. The molecule has 0 aliphatic carbocycles. The molecule has 0 fully saturated rings. The molecule has 1 amide bonds. The maximum absolute atomic E-state index is 13.8. The van der Waals surface area contributed by atoms with Gasteiger partial charge < -0.3 is 5.32 Å². The summed E-state index contributed by atoms with van der Waals surface area (Å²) in [5.74, 6) is -0.0761. The topological polar surface area (TPSA) is 151 Å². The zero-order valence-corrected chi connectivity index (χ0v) is 26.3. The molecule has 0 saturated carbocycles. The second-order valence-corrected chi connectivity index (χ2v) is 11.9. The molecule has 6 heterocycles. The van der Waals surface area contributed by atoms with Gasteiger partial charge in [-0.25, -0.2) is 19.3 Å². The van der Waals surface area contributed by atoms with Crippen molar-refractivity contribution in [2.75, 3.05) is 5.32 Å². The Kier molecular flexibility index (Phi) is 8.23. The molecule has 6 aromatic rings. The summed E-state index contributed by atoms with van der Waals surface area (Å²) in [4.78, 5) is 44.6.